The second kappa shape index (κ2) is 8.36. The minimum Gasteiger partial charge on any atom is -0.454 e. The first-order chi connectivity index (χ1) is 12.7. The Bertz CT molecular complexity index is 763. The Balaban J connectivity index is 1.53. The van der Waals surface area contributed by atoms with E-state index in [1.165, 1.54) is 6.20 Å². The first kappa shape index (κ1) is 17.8. The topological polar surface area (TPSA) is 112 Å². The van der Waals surface area contributed by atoms with Gasteiger partial charge in [0, 0.05) is 18.7 Å². The summed E-state index contributed by atoms with van der Waals surface area (Å²) in [7, 11) is 0. The summed E-state index contributed by atoms with van der Waals surface area (Å²) in [6.07, 6.45) is 2.68. The molecule has 136 valence electrons. The fraction of sp³-hybridized carbons (Fsp3) is 0.389. The van der Waals surface area contributed by atoms with Crippen molar-refractivity contribution >= 4 is 11.8 Å². The van der Waals surface area contributed by atoms with E-state index in [9.17, 15) is 9.59 Å². The number of hydrogen-bond donors (Lipinski definition) is 3. The van der Waals surface area contributed by atoms with Gasteiger partial charge in [-0.2, -0.15) is 5.26 Å². The SMILES string of the molecule is N#C/C(=C/NC(=O)C1CCNCC1)C(=O)NCc1ccc2c(c1)OCO2. The second-order valence-electron chi connectivity index (χ2n) is 6.07. The highest BCUT2D eigenvalue weighted by atomic mass is 16.7. The summed E-state index contributed by atoms with van der Waals surface area (Å²) >= 11 is 0. The van der Waals surface area contributed by atoms with E-state index >= 15 is 0 Å². The molecule has 26 heavy (non-hydrogen) atoms. The monoisotopic (exact) mass is 356 g/mol. The number of carbonyl (C=O) groups excluding carboxylic acids is 2. The molecule has 3 rings (SSSR count). The highest BCUT2D eigenvalue weighted by molar-refractivity contribution is 5.97. The van der Waals surface area contributed by atoms with Gasteiger partial charge in [-0.05, 0) is 43.6 Å². The Kier molecular flexibility index (Phi) is 5.71. The molecule has 0 unspecified atom stereocenters. The number of fused-ring (bicyclic) bond motifs is 1. The molecular weight excluding hydrogens is 336 g/mol. The van der Waals surface area contributed by atoms with E-state index in [0.29, 0.717) is 11.5 Å². The van der Waals surface area contributed by atoms with Gasteiger partial charge >= 0.3 is 0 Å². The average Bonchev–Trinajstić information content (AvgIpc) is 3.15. The quantitative estimate of drug-likeness (QED) is 0.525. The fourth-order valence-corrected chi connectivity index (χ4v) is 2.82. The van der Waals surface area contributed by atoms with Crippen molar-refractivity contribution in [1.82, 2.24) is 16.0 Å². The van der Waals surface area contributed by atoms with Gasteiger partial charge in [-0.15, -0.1) is 0 Å². The molecule has 0 atom stereocenters. The first-order valence-corrected chi connectivity index (χ1v) is 8.45. The molecule has 2 aliphatic heterocycles. The Hall–Kier alpha value is -3.05. The van der Waals surface area contributed by atoms with Crippen molar-refractivity contribution in [2.45, 2.75) is 19.4 Å². The van der Waals surface area contributed by atoms with Crippen LogP contribution in [0.5, 0.6) is 11.5 Å². The largest absolute Gasteiger partial charge is 0.454 e. The molecule has 2 heterocycles. The van der Waals surface area contributed by atoms with Crippen molar-refractivity contribution in [3.8, 4) is 17.6 Å². The molecule has 1 fully saturated rings. The molecule has 2 aliphatic rings. The van der Waals surface area contributed by atoms with E-state index in [1.807, 2.05) is 12.1 Å². The third kappa shape index (κ3) is 4.32. The van der Waals surface area contributed by atoms with E-state index in [1.54, 1.807) is 12.1 Å². The fourth-order valence-electron chi connectivity index (χ4n) is 2.82. The highest BCUT2D eigenvalue weighted by Gasteiger charge is 2.20. The summed E-state index contributed by atoms with van der Waals surface area (Å²) in [5.41, 5.74) is 0.673. The van der Waals surface area contributed by atoms with Crippen molar-refractivity contribution < 1.29 is 19.1 Å². The van der Waals surface area contributed by atoms with Crippen LogP contribution >= 0.6 is 0 Å². The highest BCUT2D eigenvalue weighted by Crippen LogP contribution is 2.32. The van der Waals surface area contributed by atoms with Gasteiger partial charge < -0.3 is 25.4 Å². The van der Waals surface area contributed by atoms with Gasteiger partial charge in [0.1, 0.15) is 11.6 Å². The van der Waals surface area contributed by atoms with Crippen LogP contribution in [-0.2, 0) is 16.1 Å². The molecule has 3 N–H and O–H groups in total. The number of nitriles is 1. The Morgan fingerprint density at radius 1 is 1.27 bits per heavy atom. The van der Waals surface area contributed by atoms with Crippen molar-refractivity contribution in [3.63, 3.8) is 0 Å². The molecule has 8 nitrogen and oxygen atoms in total. The summed E-state index contributed by atoms with van der Waals surface area (Å²) in [6, 6.07) is 7.17. The first-order valence-electron chi connectivity index (χ1n) is 8.45. The van der Waals surface area contributed by atoms with E-state index in [-0.39, 0.29) is 30.7 Å². The van der Waals surface area contributed by atoms with Crippen LogP contribution in [-0.4, -0.2) is 31.7 Å². The number of piperidine rings is 1. The van der Waals surface area contributed by atoms with E-state index < -0.39 is 5.91 Å². The maximum atomic E-state index is 12.2. The van der Waals surface area contributed by atoms with Gasteiger partial charge in [-0.3, -0.25) is 9.59 Å². The number of benzene rings is 1. The Morgan fingerprint density at radius 2 is 2.04 bits per heavy atom. The number of ether oxygens (including phenoxy) is 2. The molecule has 0 radical (unpaired) electrons. The van der Waals surface area contributed by atoms with Crippen LogP contribution < -0.4 is 25.4 Å². The number of hydrogen-bond acceptors (Lipinski definition) is 6. The van der Waals surface area contributed by atoms with Crippen molar-refractivity contribution in [1.29, 1.82) is 5.26 Å². The zero-order valence-corrected chi connectivity index (χ0v) is 14.2. The number of amides is 2. The lowest BCUT2D eigenvalue weighted by molar-refractivity contribution is -0.124. The third-order valence-corrected chi connectivity index (χ3v) is 4.32. The molecule has 2 amide bonds. The normalized spacial score (nSPS) is 16.7. The van der Waals surface area contributed by atoms with Crippen LogP contribution in [0.1, 0.15) is 18.4 Å². The number of nitrogens with one attached hydrogen (secondary N) is 3. The molecule has 1 saturated heterocycles. The van der Waals surface area contributed by atoms with Gasteiger partial charge in [-0.1, -0.05) is 6.07 Å². The summed E-state index contributed by atoms with van der Waals surface area (Å²) in [5.74, 6) is 0.489. The van der Waals surface area contributed by atoms with Crippen LogP contribution in [0.25, 0.3) is 0 Å². The predicted molar refractivity (Wildman–Crippen MR) is 91.8 cm³/mol. The molecule has 0 spiro atoms. The molecule has 0 aliphatic carbocycles. The average molecular weight is 356 g/mol. The zero-order chi connectivity index (χ0) is 18.4. The van der Waals surface area contributed by atoms with Crippen molar-refractivity contribution in [2.75, 3.05) is 19.9 Å². The lowest BCUT2D eigenvalue weighted by Gasteiger charge is -2.20. The van der Waals surface area contributed by atoms with E-state index in [4.69, 9.17) is 14.7 Å². The van der Waals surface area contributed by atoms with Crippen molar-refractivity contribution in [3.05, 3.63) is 35.5 Å². The lowest BCUT2D eigenvalue weighted by Crippen LogP contribution is -2.36. The second-order valence-corrected chi connectivity index (χ2v) is 6.07. The molecule has 1 aromatic carbocycles. The van der Waals surface area contributed by atoms with Crippen LogP contribution in [0.4, 0.5) is 0 Å². The Morgan fingerprint density at radius 3 is 2.81 bits per heavy atom. The maximum absolute atomic E-state index is 12.2. The standard InChI is InChI=1S/C18H20N4O4/c19-8-14(10-22-17(23)13-3-5-20-6-4-13)18(24)21-9-12-1-2-15-16(7-12)26-11-25-15/h1-2,7,10,13,20H,3-6,9,11H2,(H,21,24)(H,22,23)/b14-10-. The van der Waals surface area contributed by atoms with Crippen LogP contribution in [0, 0.1) is 17.2 Å². The molecular formula is C18H20N4O4. The summed E-state index contributed by atoms with van der Waals surface area (Å²) < 4.78 is 10.5. The minimum atomic E-state index is -0.546. The molecule has 0 aromatic heterocycles. The molecule has 0 saturated carbocycles. The zero-order valence-electron chi connectivity index (χ0n) is 14.2. The van der Waals surface area contributed by atoms with E-state index in [0.717, 1.165) is 31.5 Å². The van der Waals surface area contributed by atoms with Gasteiger partial charge in [-0.25, -0.2) is 0 Å². The van der Waals surface area contributed by atoms with Crippen LogP contribution in [0.3, 0.4) is 0 Å². The maximum Gasteiger partial charge on any atom is 0.263 e. The third-order valence-electron chi connectivity index (χ3n) is 4.32. The van der Waals surface area contributed by atoms with Crippen LogP contribution in [0.2, 0.25) is 0 Å². The number of nitrogens with zero attached hydrogens (tertiary/aromatic N) is 1. The lowest BCUT2D eigenvalue weighted by atomic mass is 9.97. The molecule has 1 aromatic rings. The Labute approximate surface area is 151 Å². The van der Waals surface area contributed by atoms with Crippen LogP contribution in [0.15, 0.2) is 30.0 Å². The summed E-state index contributed by atoms with van der Waals surface area (Å²) in [4.78, 5) is 24.2. The predicted octanol–water partition coefficient (Wildman–Crippen LogP) is 0.555. The minimum absolute atomic E-state index is 0.0934. The van der Waals surface area contributed by atoms with Crippen molar-refractivity contribution in [2.24, 2.45) is 5.92 Å². The number of rotatable bonds is 5. The van der Waals surface area contributed by atoms with E-state index in [2.05, 4.69) is 16.0 Å². The molecule has 0 bridgehead atoms. The summed E-state index contributed by atoms with van der Waals surface area (Å²) in [5, 5.41) is 17.6. The molecule has 8 heteroatoms. The van der Waals surface area contributed by atoms with Gasteiger partial charge in [0.15, 0.2) is 11.5 Å². The van der Waals surface area contributed by atoms with Gasteiger partial charge in [0.25, 0.3) is 5.91 Å². The smallest absolute Gasteiger partial charge is 0.263 e. The van der Waals surface area contributed by atoms with Gasteiger partial charge in [0.05, 0.1) is 0 Å². The number of carbonyl (C=O) groups is 2. The van der Waals surface area contributed by atoms with Gasteiger partial charge in [0.2, 0.25) is 12.7 Å². The summed E-state index contributed by atoms with van der Waals surface area (Å²) in [6.45, 7) is 2.01.